The van der Waals surface area contributed by atoms with E-state index in [0.717, 1.165) is 24.9 Å². The van der Waals surface area contributed by atoms with E-state index in [0.29, 0.717) is 0 Å². The number of aryl methyl sites for hydroxylation is 1. The van der Waals surface area contributed by atoms with Crippen LogP contribution < -0.4 is 11.1 Å². The van der Waals surface area contributed by atoms with E-state index in [4.69, 9.17) is 5.73 Å². The Morgan fingerprint density at radius 1 is 1.33 bits per heavy atom. The number of anilines is 1. The molecule has 1 saturated carbocycles. The Kier molecular flexibility index (Phi) is 5.17. The number of halogens is 1. The first kappa shape index (κ1) is 15.0. The van der Waals surface area contributed by atoms with Crippen LogP contribution in [0.2, 0.25) is 0 Å². The van der Waals surface area contributed by atoms with Crippen LogP contribution in [0.3, 0.4) is 0 Å². The van der Waals surface area contributed by atoms with Gasteiger partial charge in [0.2, 0.25) is 5.91 Å². The van der Waals surface area contributed by atoms with E-state index in [-0.39, 0.29) is 18.3 Å². The molecule has 1 aliphatic rings. The predicted molar refractivity (Wildman–Crippen MR) is 77.1 cm³/mol. The zero-order valence-electron chi connectivity index (χ0n) is 10.7. The molecule has 1 aromatic rings. The van der Waals surface area contributed by atoms with Gasteiger partial charge in [0.1, 0.15) is 0 Å². The molecule has 1 fully saturated rings. The molecule has 0 unspecified atom stereocenters. The van der Waals surface area contributed by atoms with Crippen molar-refractivity contribution in [2.75, 3.05) is 5.32 Å². The second kappa shape index (κ2) is 6.21. The summed E-state index contributed by atoms with van der Waals surface area (Å²) < 4.78 is 0. The standard InChI is InChI=1S/C14H20N2O.ClH/c1-2-3-4-11-5-7-12(8-6-11)16-13(17)14(15)9-10-14;/h5-8H,2-4,9-10,15H2,1H3,(H,16,17);1H. The van der Waals surface area contributed by atoms with E-state index in [9.17, 15) is 4.79 Å². The number of nitrogens with two attached hydrogens (primary N) is 1. The normalized spacial score (nSPS) is 15.7. The third-order valence-corrected chi connectivity index (χ3v) is 3.27. The van der Waals surface area contributed by atoms with Crippen LogP contribution in [0.15, 0.2) is 24.3 Å². The number of carbonyl (C=O) groups is 1. The Labute approximate surface area is 115 Å². The molecule has 0 bridgehead atoms. The molecule has 0 radical (unpaired) electrons. The third-order valence-electron chi connectivity index (χ3n) is 3.27. The number of amides is 1. The number of hydrogen-bond donors (Lipinski definition) is 2. The highest BCUT2D eigenvalue weighted by atomic mass is 35.5. The van der Waals surface area contributed by atoms with Gasteiger partial charge in [0, 0.05) is 5.69 Å². The minimum atomic E-state index is -0.596. The summed E-state index contributed by atoms with van der Waals surface area (Å²) in [6, 6.07) is 8.05. The number of nitrogens with one attached hydrogen (secondary N) is 1. The zero-order valence-corrected chi connectivity index (χ0v) is 11.6. The van der Waals surface area contributed by atoms with Gasteiger partial charge in [0.05, 0.1) is 5.54 Å². The van der Waals surface area contributed by atoms with Crippen LogP contribution in [0.5, 0.6) is 0 Å². The molecule has 0 aliphatic heterocycles. The summed E-state index contributed by atoms with van der Waals surface area (Å²) >= 11 is 0. The lowest BCUT2D eigenvalue weighted by Gasteiger charge is -2.10. The summed E-state index contributed by atoms with van der Waals surface area (Å²) in [5.41, 5.74) is 7.38. The highest BCUT2D eigenvalue weighted by molar-refractivity contribution is 6.00. The van der Waals surface area contributed by atoms with E-state index >= 15 is 0 Å². The maximum Gasteiger partial charge on any atom is 0.244 e. The third kappa shape index (κ3) is 3.72. The number of rotatable bonds is 5. The average Bonchev–Trinajstić information content (AvgIpc) is 3.08. The minimum absolute atomic E-state index is 0. The first-order chi connectivity index (χ1) is 8.14. The van der Waals surface area contributed by atoms with Gasteiger partial charge >= 0.3 is 0 Å². The molecule has 3 nitrogen and oxygen atoms in total. The van der Waals surface area contributed by atoms with E-state index in [1.54, 1.807) is 0 Å². The summed E-state index contributed by atoms with van der Waals surface area (Å²) in [5.74, 6) is -0.0567. The molecule has 18 heavy (non-hydrogen) atoms. The van der Waals surface area contributed by atoms with Crippen molar-refractivity contribution in [3.63, 3.8) is 0 Å². The molecule has 1 aliphatic carbocycles. The summed E-state index contributed by atoms with van der Waals surface area (Å²) in [7, 11) is 0. The van der Waals surface area contributed by atoms with Crippen LogP contribution in [-0.2, 0) is 11.2 Å². The largest absolute Gasteiger partial charge is 0.324 e. The van der Waals surface area contributed by atoms with Crippen molar-refractivity contribution in [2.45, 2.75) is 44.6 Å². The highest BCUT2D eigenvalue weighted by Crippen LogP contribution is 2.33. The van der Waals surface area contributed by atoms with Gasteiger partial charge in [0.25, 0.3) is 0 Å². The van der Waals surface area contributed by atoms with E-state index in [1.807, 2.05) is 12.1 Å². The van der Waals surface area contributed by atoms with E-state index in [1.165, 1.54) is 18.4 Å². The maximum absolute atomic E-state index is 11.7. The Bertz CT molecular complexity index is 399. The monoisotopic (exact) mass is 268 g/mol. The summed E-state index contributed by atoms with van der Waals surface area (Å²) in [4.78, 5) is 11.7. The molecule has 0 heterocycles. The first-order valence-electron chi connectivity index (χ1n) is 6.33. The Morgan fingerprint density at radius 2 is 1.94 bits per heavy atom. The SMILES string of the molecule is CCCCc1ccc(NC(=O)C2(N)CC2)cc1.Cl. The van der Waals surface area contributed by atoms with E-state index < -0.39 is 5.54 Å². The lowest BCUT2D eigenvalue weighted by atomic mass is 10.1. The first-order valence-corrected chi connectivity index (χ1v) is 6.33. The fraction of sp³-hybridized carbons (Fsp3) is 0.500. The maximum atomic E-state index is 11.7. The van der Waals surface area contributed by atoms with Gasteiger partial charge in [-0.15, -0.1) is 12.4 Å². The highest BCUT2D eigenvalue weighted by Gasteiger charge is 2.45. The van der Waals surface area contributed by atoms with Gasteiger partial charge in [-0.3, -0.25) is 4.79 Å². The molecule has 1 amide bonds. The fourth-order valence-corrected chi connectivity index (χ4v) is 1.75. The quantitative estimate of drug-likeness (QED) is 0.863. The van der Waals surface area contributed by atoms with Crippen LogP contribution in [0, 0.1) is 0 Å². The molecular weight excluding hydrogens is 248 g/mol. The van der Waals surface area contributed by atoms with Crippen molar-refractivity contribution in [3.05, 3.63) is 29.8 Å². The molecule has 4 heteroatoms. The van der Waals surface area contributed by atoms with E-state index in [2.05, 4.69) is 24.4 Å². The second-order valence-corrected chi connectivity index (χ2v) is 4.91. The minimum Gasteiger partial charge on any atom is -0.324 e. The number of carbonyl (C=O) groups excluding carboxylic acids is 1. The van der Waals surface area contributed by atoms with Gasteiger partial charge in [-0.1, -0.05) is 25.5 Å². The molecular formula is C14H21ClN2O. The molecule has 0 aromatic heterocycles. The number of unbranched alkanes of at least 4 members (excludes halogenated alkanes) is 1. The topological polar surface area (TPSA) is 55.1 Å². The van der Waals surface area contributed by atoms with Crippen LogP contribution in [-0.4, -0.2) is 11.4 Å². The van der Waals surface area contributed by atoms with Crippen LogP contribution in [0.1, 0.15) is 38.2 Å². The van der Waals surface area contributed by atoms with Crippen LogP contribution in [0.25, 0.3) is 0 Å². The van der Waals surface area contributed by atoms with Gasteiger partial charge in [-0.2, -0.15) is 0 Å². The smallest absolute Gasteiger partial charge is 0.244 e. The van der Waals surface area contributed by atoms with Gasteiger partial charge in [-0.25, -0.2) is 0 Å². The van der Waals surface area contributed by atoms with Crippen molar-refractivity contribution in [1.82, 2.24) is 0 Å². The molecule has 0 atom stereocenters. The second-order valence-electron chi connectivity index (χ2n) is 4.91. The number of hydrogen-bond acceptors (Lipinski definition) is 2. The lowest BCUT2D eigenvalue weighted by Crippen LogP contribution is -2.37. The molecule has 2 rings (SSSR count). The molecule has 3 N–H and O–H groups in total. The Hall–Kier alpha value is -1.06. The van der Waals surface area contributed by atoms with Crippen molar-refractivity contribution in [1.29, 1.82) is 0 Å². The summed E-state index contributed by atoms with van der Waals surface area (Å²) in [6.07, 6.45) is 5.11. The van der Waals surface area contributed by atoms with Gasteiger partial charge in [0.15, 0.2) is 0 Å². The van der Waals surface area contributed by atoms with Crippen molar-refractivity contribution in [2.24, 2.45) is 5.73 Å². The molecule has 0 saturated heterocycles. The molecule has 1 aromatic carbocycles. The fourth-order valence-electron chi connectivity index (χ4n) is 1.75. The van der Waals surface area contributed by atoms with Gasteiger partial charge in [-0.05, 0) is 43.4 Å². The zero-order chi connectivity index (χ0) is 12.3. The van der Waals surface area contributed by atoms with Gasteiger partial charge < -0.3 is 11.1 Å². The number of benzene rings is 1. The summed E-state index contributed by atoms with van der Waals surface area (Å²) in [6.45, 7) is 2.19. The van der Waals surface area contributed by atoms with Crippen LogP contribution >= 0.6 is 12.4 Å². The average molecular weight is 269 g/mol. The Morgan fingerprint density at radius 3 is 2.44 bits per heavy atom. The predicted octanol–water partition coefficient (Wildman–Crippen LogP) is 2.88. The Balaban J connectivity index is 0.00000162. The molecule has 0 spiro atoms. The van der Waals surface area contributed by atoms with Crippen molar-refractivity contribution in [3.8, 4) is 0 Å². The lowest BCUT2D eigenvalue weighted by molar-refractivity contribution is -0.118. The van der Waals surface area contributed by atoms with Crippen molar-refractivity contribution < 1.29 is 4.79 Å². The molecule has 100 valence electrons. The van der Waals surface area contributed by atoms with Crippen LogP contribution in [0.4, 0.5) is 5.69 Å². The summed E-state index contributed by atoms with van der Waals surface area (Å²) in [5, 5.41) is 2.86. The van der Waals surface area contributed by atoms with Crippen molar-refractivity contribution >= 4 is 24.0 Å².